The standard InChI is InChI=1S/C24H23BN2O/c1-17-16-25(23(17)28)21-12-7-11-20(15-21)24(26)27-22-13-6-5-10-19(22)14-18-8-3-2-4-9-18/h2-13,15,17H,14,16H2,1H3,(H2,26,27). The lowest BCUT2D eigenvalue weighted by molar-refractivity contribution is -0.116. The Morgan fingerprint density at radius 2 is 1.79 bits per heavy atom. The molecule has 1 saturated heterocycles. The van der Waals surface area contributed by atoms with Crippen molar-refractivity contribution >= 4 is 29.4 Å². The first kappa shape index (κ1) is 18.2. The zero-order valence-corrected chi connectivity index (χ0v) is 16.0. The van der Waals surface area contributed by atoms with E-state index >= 15 is 0 Å². The van der Waals surface area contributed by atoms with Gasteiger partial charge in [-0.25, -0.2) is 4.99 Å². The van der Waals surface area contributed by atoms with Gasteiger partial charge in [0.2, 0.25) is 0 Å². The summed E-state index contributed by atoms with van der Waals surface area (Å²) in [5.74, 6) is 0.645. The zero-order valence-electron chi connectivity index (χ0n) is 16.0. The summed E-state index contributed by atoms with van der Waals surface area (Å²) >= 11 is 0. The number of nitrogens with two attached hydrogens (primary N) is 1. The van der Waals surface area contributed by atoms with Gasteiger partial charge in [0.15, 0.2) is 0 Å². The molecule has 1 unspecified atom stereocenters. The normalized spacial score (nSPS) is 16.8. The van der Waals surface area contributed by atoms with E-state index in [-0.39, 0.29) is 12.6 Å². The number of aliphatic imine (C=N–C) groups is 1. The number of amidine groups is 1. The molecular formula is C24H23BN2O. The second-order valence-corrected chi connectivity index (χ2v) is 7.51. The molecule has 3 aromatic carbocycles. The largest absolute Gasteiger partial charge is 0.383 e. The smallest absolute Gasteiger partial charge is 0.256 e. The molecule has 4 heteroatoms. The molecule has 1 aliphatic heterocycles. The van der Waals surface area contributed by atoms with Gasteiger partial charge in [-0.05, 0) is 23.6 Å². The highest BCUT2D eigenvalue weighted by molar-refractivity contribution is 7.03. The van der Waals surface area contributed by atoms with Crippen LogP contribution in [-0.2, 0) is 11.2 Å². The molecule has 138 valence electrons. The van der Waals surface area contributed by atoms with Crippen molar-refractivity contribution in [2.75, 3.05) is 0 Å². The molecule has 0 spiro atoms. The number of benzene rings is 3. The number of carbonyl (C=O) groups excluding carboxylic acids is 1. The molecular weight excluding hydrogens is 343 g/mol. The number of carbonyl (C=O) groups is 1. The quantitative estimate of drug-likeness (QED) is 0.425. The predicted molar refractivity (Wildman–Crippen MR) is 117 cm³/mol. The maximum atomic E-state index is 12.1. The van der Waals surface area contributed by atoms with Gasteiger partial charge in [-0.2, -0.15) is 0 Å². The fourth-order valence-electron chi connectivity index (χ4n) is 3.76. The van der Waals surface area contributed by atoms with Crippen LogP contribution in [0.15, 0.2) is 83.9 Å². The zero-order chi connectivity index (χ0) is 19.5. The van der Waals surface area contributed by atoms with Gasteiger partial charge in [0.05, 0.1) is 11.4 Å². The third-order valence-corrected chi connectivity index (χ3v) is 5.47. The van der Waals surface area contributed by atoms with Crippen molar-refractivity contribution in [3.8, 4) is 0 Å². The SMILES string of the molecule is CC1CB(c2cccc(C(N)=Nc3ccccc3Cc3ccccc3)c2)C1=O. The molecule has 1 heterocycles. The van der Waals surface area contributed by atoms with Crippen LogP contribution in [0.25, 0.3) is 0 Å². The van der Waals surface area contributed by atoms with E-state index in [1.165, 1.54) is 5.56 Å². The Morgan fingerprint density at radius 1 is 1.04 bits per heavy atom. The summed E-state index contributed by atoms with van der Waals surface area (Å²) in [6.07, 6.45) is 1.72. The van der Waals surface area contributed by atoms with Crippen molar-refractivity contribution in [1.29, 1.82) is 0 Å². The number of hydrogen-bond acceptors (Lipinski definition) is 2. The van der Waals surface area contributed by atoms with Gasteiger partial charge in [-0.3, -0.25) is 0 Å². The summed E-state index contributed by atoms with van der Waals surface area (Å²) in [6.45, 7) is 2.00. The molecule has 0 aliphatic carbocycles. The Hall–Kier alpha value is -3.14. The van der Waals surface area contributed by atoms with E-state index in [4.69, 9.17) is 10.7 Å². The number of hydrogen-bond donors (Lipinski definition) is 1. The Morgan fingerprint density at radius 3 is 2.54 bits per heavy atom. The van der Waals surface area contributed by atoms with Gasteiger partial charge < -0.3 is 10.5 Å². The first-order valence-electron chi connectivity index (χ1n) is 9.72. The summed E-state index contributed by atoms with van der Waals surface area (Å²) in [4.78, 5) is 16.8. The molecule has 0 radical (unpaired) electrons. The fourth-order valence-corrected chi connectivity index (χ4v) is 3.76. The molecule has 3 nitrogen and oxygen atoms in total. The van der Waals surface area contributed by atoms with Crippen molar-refractivity contribution in [3.05, 3.63) is 95.6 Å². The molecule has 0 bridgehead atoms. The summed E-state index contributed by atoms with van der Waals surface area (Å²) in [5.41, 5.74) is 11.8. The van der Waals surface area contributed by atoms with Crippen LogP contribution < -0.4 is 11.2 Å². The topological polar surface area (TPSA) is 55.4 Å². The van der Waals surface area contributed by atoms with Crippen LogP contribution >= 0.6 is 0 Å². The molecule has 3 aromatic rings. The third-order valence-electron chi connectivity index (χ3n) is 5.47. The van der Waals surface area contributed by atoms with Gasteiger partial charge in [0, 0.05) is 11.5 Å². The minimum Gasteiger partial charge on any atom is -0.383 e. The van der Waals surface area contributed by atoms with Crippen molar-refractivity contribution < 1.29 is 4.79 Å². The second kappa shape index (κ2) is 7.85. The second-order valence-electron chi connectivity index (χ2n) is 7.51. The van der Waals surface area contributed by atoms with E-state index in [0.29, 0.717) is 11.5 Å². The summed E-state index contributed by atoms with van der Waals surface area (Å²) in [7, 11) is 0. The monoisotopic (exact) mass is 366 g/mol. The van der Waals surface area contributed by atoms with Crippen LogP contribution in [-0.4, -0.2) is 18.2 Å². The van der Waals surface area contributed by atoms with Crippen LogP contribution in [0.3, 0.4) is 0 Å². The molecule has 0 amide bonds. The third kappa shape index (κ3) is 3.77. The molecule has 4 rings (SSSR count). The van der Waals surface area contributed by atoms with E-state index in [1.807, 2.05) is 67.6 Å². The fraction of sp³-hybridized carbons (Fsp3) is 0.167. The minimum atomic E-state index is 0.00752. The maximum absolute atomic E-state index is 12.1. The van der Waals surface area contributed by atoms with Crippen molar-refractivity contribution in [3.63, 3.8) is 0 Å². The number of rotatable bonds is 5. The average Bonchev–Trinajstić information content (AvgIpc) is 2.74. The van der Waals surface area contributed by atoms with Gasteiger partial charge in [-0.1, -0.05) is 91.5 Å². The lowest BCUT2D eigenvalue weighted by Crippen LogP contribution is -2.52. The van der Waals surface area contributed by atoms with Gasteiger partial charge in [-0.15, -0.1) is 0 Å². The first-order chi connectivity index (χ1) is 13.6. The Labute approximate surface area is 166 Å². The molecule has 2 N–H and O–H groups in total. The van der Waals surface area contributed by atoms with E-state index in [0.717, 1.165) is 35.0 Å². The molecule has 0 saturated carbocycles. The van der Waals surface area contributed by atoms with E-state index in [9.17, 15) is 4.79 Å². The molecule has 28 heavy (non-hydrogen) atoms. The molecule has 0 aromatic heterocycles. The maximum Gasteiger partial charge on any atom is 0.256 e. The predicted octanol–water partition coefficient (Wildman–Crippen LogP) is 3.77. The highest BCUT2D eigenvalue weighted by Crippen LogP contribution is 2.24. The Balaban J connectivity index is 1.61. The Kier molecular flexibility index (Phi) is 5.11. The van der Waals surface area contributed by atoms with E-state index in [2.05, 4.69) is 18.2 Å². The summed E-state index contributed by atoms with van der Waals surface area (Å²) in [6, 6.07) is 26.3. The van der Waals surface area contributed by atoms with Crippen molar-refractivity contribution in [2.45, 2.75) is 19.7 Å². The molecule has 1 fully saturated rings. The van der Waals surface area contributed by atoms with Crippen LogP contribution in [0.2, 0.25) is 6.32 Å². The summed E-state index contributed by atoms with van der Waals surface area (Å²) < 4.78 is 0. The highest BCUT2D eigenvalue weighted by Gasteiger charge is 2.40. The van der Waals surface area contributed by atoms with Crippen LogP contribution in [0.5, 0.6) is 0 Å². The first-order valence-corrected chi connectivity index (χ1v) is 9.72. The number of nitrogens with zero attached hydrogens (tertiary/aromatic N) is 1. The number of para-hydroxylation sites is 1. The van der Waals surface area contributed by atoms with Crippen LogP contribution in [0.4, 0.5) is 5.69 Å². The average molecular weight is 366 g/mol. The lowest BCUT2D eigenvalue weighted by Gasteiger charge is -2.28. The van der Waals surface area contributed by atoms with Crippen LogP contribution in [0, 0.1) is 5.92 Å². The molecule has 1 aliphatic rings. The Bertz CT molecular complexity index is 1030. The minimum absolute atomic E-state index is 0.00752. The van der Waals surface area contributed by atoms with Gasteiger partial charge in [0.1, 0.15) is 5.84 Å². The van der Waals surface area contributed by atoms with E-state index in [1.54, 1.807) is 0 Å². The van der Waals surface area contributed by atoms with Crippen LogP contribution in [0.1, 0.15) is 23.6 Å². The van der Waals surface area contributed by atoms with Crippen molar-refractivity contribution in [1.82, 2.24) is 0 Å². The molecule has 1 atom stereocenters. The van der Waals surface area contributed by atoms with Gasteiger partial charge >= 0.3 is 0 Å². The van der Waals surface area contributed by atoms with Gasteiger partial charge in [0.25, 0.3) is 6.71 Å². The lowest BCUT2D eigenvalue weighted by atomic mass is 9.28. The van der Waals surface area contributed by atoms with Crippen molar-refractivity contribution in [2.24, 2.45) is 16.6 Å². The summed E-state index contributed by atoms with van der Waals surface area (Å²) in [5, 5.41) is 0. The highest BCUT2D eigenvalue weighted by atomic mass is 16.1. The van der Waals surface area contributed by atoms with E-state index < -0.39 is 0 Å².